The van der Waals surface area contributed by atoms with Crippen molar-refractivity contribution in [1.82, 2.24) is 25.8 Å². The van der Waals surface area contributed by atoms with Crippen LogP contribution in [-0.4, -0.2) is 27.6 Å². The Morgan fingerprint density at radius 1 is 1.34 bits per heavy atom. The third-order valence-corrected chi connectivity index (χ3v) is 5.56. The van der Waals surface area contributed by atoms with Crippen LogP contribution in [0.1, 0.15) is 46.2 Å². The summed E-state index contributed by atoms with van der Waals surface area (Å²) in [6, 6.07) is 3.63. The number of amides is 1. The normalized spacial score (nSPS) is 13.1. The van der Waals surface area contributed by atoms with Crippen LogP contribution >= 0.6 is 36.2 Å². The molecule has 0 atom stereocenters. The predicted octanol–water partition coefficient (Wildman–Crippen LogP) is 3.66. The molecule has 1 aliphatic heterocycles. The Kier molecular flexibility index (Phi) is 7.40. The highest BCUT2D eigenvalue weighted by molar-refractivity contribution is 7.12. The Balaban J connectivity index is 0.00000150. The van der Waals surface area contributed by atoms with E-state index >= 15 is 0 Å². The lowest BCUT2D eigenvalue weighted by molar-refractivity contribution is 0.0899. The van der Waals surface area contributed by atoms with Gasteiger partial charge < -0.3 is 15.2 Å². The second kappa shape index (κ2) is 9.21. The van der Waals surface area contributed by atoms with Crippen molar-refractivity contribution in [3.63, 3.8) is 0 Å². The number of rotatable bonds is 4. The molecule has 3 aromatic rings. The number of carbonyl (C=O) groups excluding carboxylic acids is 1. The third kappa shape index (κ3) is 4.61. The Morgan fingerprint density at radius 3 is 2.86 bits per heavy atom. The van der Waals surface area contributed by atoms with E-state index in [1.807, 2.05) is 38.4 Å². The van der Waals surface area contributed by atoms with Gasteiger partial charge in [0.05, 0.1) is 4.88 Å². The second-order valence-electron chi connectivity index (χ2n) is 7.13. The molecule has 3 aromatic heterocycles. The first-order chi connectivity index (χ1) is 13.0. The largest absolute Gasteiger partial charge is 0.337 e. The van der Waals surface area contributed by atoms with Crippen LogP contribution in [0, 0.1) is 6.92 Å². The maximum Gasteiger partial charge on any atom is 0.262 e. The van der Waals surface area contributed by atoms with Gasteiger partial charge in [-0.1, -0.05) is 11.2 Å². The summed E-state index contributed by atoms with van der Waals surface area (Å²) in [5, 5.41) is 12.4. The standard InChI is InChI=1S/C19H21N5O2S.2ClH/c1-11-15(13-6-7-20-9-12(13)10-21-11)16-22-18(26-24-16)19(2,3)23-17(25)14-5-4-8-27-14;;/h4-5,8,10,20H,6-7,9H2,1-3H3,(H,23,25);2*1H. The van der Waals surface area contributed by atoms with Crippen LogP contribution in [0.5, 0.6) is 0 Å². The van der Waals surface area contributed by atoms with E-state index < -0.39 is 5.54 Å². The summed E-state index contributed by atoms with van der Waals surface area (Å²) in [6.45, 7) is 7.37. The second-order valence-corrected chi connectivity index (χ2v) is 8.08. The molecule has 4 rings (SSSR count). The first kappa shape index (κ1) is 23.3. The van der Waals surface area contributed by atoms with Gasteiger partial charge in [0.1, 0.15) is 5.54 Å². The number of aryl methyl sites for hydroxylation is 1. The number of aromatic nitrogens is 3. The lowest BCUT2D eigenvalue weighted by Crippen LogP contribution is -2.41. The molecule has 29 heavy (non-hydrogen) atoms. The summed E-state index contributed by atoms with van der Waals surface area (Å²) in [5.74, 6) is 0.733. The minimum atomic E-state index is -0.788. The zero-order valence-electron chi connectivity index (χ0n) is 16.3. The van der Waals surface area contributed by atoms with Crippen LogP contribution in [0.3, 0.4) is 0 Å². The molecular formula is C19H23Cl2N5O2S. The summed E-state index contributed by atoms with van der Waals surface area (Å²) >= 11 is 1.39. The Hall–Kier alpha value is -2.00. The molecule has 10 heteroatoms. The van der Waals surface area contributed by atoms with Crippen LogP contribution in [0.4, 0.5) is 0 Å². The molecule has 2 N–H and O–H groups in total. The van der Waals surface area contributed by atoms with E-state index in [4.69, 9.17) is 4.52 Å². The van der Waals surface area contributed by atoms with Gasteiger partial charge in [-0.25, -0.2) is 0 Å². The number of carbonyl (C=O) groups is 1. The van der Waals surface area contributed by atoms with Crippen LogP contribution in [0.15, 0.2) is 28.2 Å². The minimum Gasteiger partial charge on any atom is -0.337 e. The quantitative estimate of drug-likeness (QED) is 0.623. The lowest BCUT2D eigenvalue weighted by atomic mass is 9.95. The number of nitrogens with one attached hydrogen (secondary N) is 2. The van der Waals surface area contributed by atoms with Crippen LogP contribution in [0.25, 0.3) is 11.4 Å². The number of thiophene rings is 1. The fourth-order valence-corrected chi connectivity index (χ4v) is 3.87. The van der Waals surface area contributed by atoms with Crippen molar-refractivity contribution in [2.45, 2.75) is 39.3 Å². The molecule has 0 fully saturated rings. The van der Waals surface area contributed by atoms with E-state index in [1.54, 1.807) is 6.07 Å². The Bertz CT molecular complexity index is 989. The molecule has 0 unspecified atom stereocenters. The van der Waals surface area contributed by atoms with Crippen LogP contribution < -0.4 is 10.6 Å². The summed E-state index contributed by atoms with van der Waals surface area (Å²) < 4.78 is 5.53. The molecule has 7 nitrogen and oxygen atoms in total. The summed E-state index contributed by atoms with van der Waals surface area (Å²) in [7, 11) is 0. The van der Waals surface area contributed by atoms with Gasteiger partial charge >= 0.3 is 0 Å². The zero-order valence-corrected chi connectivity index (χ0v) is 18.8. The van der Waals surface area contributed by atoms with E-state index in [0.29, 0.717) is 16.6 Å². The van der Waals surface area contributed by atoms with Gasteiger partial charge in [-0.2, -0.15) is 4.98 Å². The number of pyridine rings is 1. The molecule has 4 heterocycles. The van der Waals surface area contributed by atoms with E-state index in [9.17, 15) is 4.79 Å². The number of fused-ring (bicyclic) bond motifs is 1. The highest BCUT2D eigenvalue weighted by Crippen LogP contribution is 2.30. The summed E-state index contributed by atoms with van der Waals surface area (Å²) in [6.07, 6.45) is 2.81. The molecule has 0 saturated carbocycles. The fraction of sp³-hybridized carbons (Fsp3) is 0.368. The van der Waals surface area contributed by atoms with E-state index in [0.717, 1.165) is 30.8 Å². The predicted molar refractivity (Wildman–Crippen MR) is 117 cm³/mol. The average molecular weight is 456 g/mol. The van der Waals surface area contributed by atoms with Crippen molar-refractivity contribution >= 4 is 42.1 Å². The van der Waals surface area contributed by atoms with Crippen LogP contribution in [0.2, 0.25) is 0 Å². The van der Waals surface area contributed by atoms with Crippen LogP contribution in [-0.2, 0) is 18.5 Å². The maximum absolute atomic E-state index is 12.4. The summed E-state index contributed by atoms with van der Waals surface area (Å²) in [5.41, 5.74) is 3.41. The van der Waals surface area contributed by atoms with Gasteiger partial charge in [-0.3, -0.25) is 9.78 Å². The van der Waals surface area contributed by atoms with Crippen molar-refractivity contribution in [1.29, 1.82) is 0 Å². The molecule has 0 spiro atoms. The molecule has 0 saturated heterocycles. The molecule has 0 aromatic carbocycles. The molecule has 1 amide bonds. The number of nitrogens with zero attached hydrogens (tertiary/aromatic N) is 3. The maximum atomic E-state index is 12.4. The van der Waals surface area contributed by atoms with Gasteiger partial charge in [0.2, 0.25) is 5.82 Å². The van der Waals surface area contributed by atoms with Crippen molar-refractivity contribution in [2.75, 3.05) is 6.54 Å². The Labute approximate surface area is 185 Å². The zero-order chi connectivity index (χ0) is 19.0. The van der Waals surface area contributed by atoms with Gasteiger partial charge in [0.25, 0.3) is 11.8 Å². The van der Waals surface area contributed by atoms with Crippen molar-refractivity contribution in [3.8, 4) is 11.4 Å². The van der Waals surface area contributed by atoms with Gasteiger partial charge in [0, 0.05) is 24.0 Å². The Morgan fingerprint density at radius 2 is 2.14 bits per heavy atom. The van der Waals surface area contributed by atoms with E-state index in [2.05, 4.69) is 25.8 Å². The highest BCUT2D eigenvalue weighted by Gasteiger charge is 2.31. The topological polar surface area (TPSA) is 92.9 Å². The number of hydrogen-bond acceptors (Lipinski definition) is 7. The smallest absolute Gasteiger partial charge is 0.262 e. The summed E-state index contributed by atoms with van der Waals surface area (Å²) in [4.78, 5) is 22.2. The fourth-order valence-electron chi connectivity index (χ4n) is 3.25. The molecule has 0 radical (unpaired) electrons. The third-order valence-electron chi connectivity index (χ3n) is 4.69. The lowest BCUT2D eigenvalue weighted by Gasteiger charge is -2.21. The number of halogens is 2. The highest BCUT2D eigenvalue weighted by atomic mass is 35.5. The minimum absolute atomic E-state index is 0. The van der Waals surface area contributed by atoms with E-state index in [1.165, 1.54) is 22.5 Å². The first-order valence-corrected chi connectivity index (χ1v) is 9.72. The monoisotopic (exact) mass is 455 g/mol. The first-order valence-electron chi connectivity index (χ1n) is 8.84. The molecule has 156 valence electrons. The van der Waals surface area contributed by atoms with Gasteiger partial charge in [0.15, 0.2) is 0 Å². The molecule has 0 bridgehead atoms. The SMILES string of the molecule is Cc1ncc2c(c1-c1noc(C(C)(C)NC(=O)c3cccs3)n1)CCNC2.Cl.Cl. The van der Waals surface area contributed by atoms with Crippen molar-refractivity contribution < 1.29 is 9.32 Å². The van der Waals surface area contributed by atoms with Gasteiger partial charge in [-0.15, -0.1) is 36.2 Å². The average Bonchev–Trinajstić information content (AvgIpc) is 3.33. The van der Waals surface area contributed by atoms with Crippen molar-refractivity contribution in [3.05, 3.63) is 51.3 Å². The molecule has 0 aliphatic carbocycles. The molecule has 1 aliphatic rings. The molecular weight excluding hydrogens is 433 g/mol. The van der Waals surface area contributed by atoms with Gasteiger partial charge in [-0.05, 0) is 56.3 Å². The van der Waals surface area contributed by atoms with Crippen molar-refractivity contribution in [2.24, 2.45) is 0 Å². The van der Waals surface area contributed by atoms with E-state index in [-0.39, 0.29) is 30.7 Å². The number of hydrogen-bond donors (Lipinski definition) is 2.